The summed E-state index contributed by atoms with van der Waals surface area (Å²) in [4.78, 5) is 13.0. The Hall–Kier alpha value is -0.610. The topological polar surface area (TPSA) is 49.8 Å². The van der Waals surface area contributed by atoms with Crippen LogP contribution in [0, 0.1) is 0 Å². The van der Waals surface area contributed by atoms with Crippen LogP contribution in [0.4, 0.5) is 0 Å². The van der Waals surface area contributed by atoms with E-state index in [-0.39, 0.29) is 12.0 Å². The summed E-state index contributed by atoms with van der Waals surface area (Å²) in [6, 6.07) is 0.515. The first kappa shape index (κ1) is 13.8. The van der Waals surface area contributed by atoms with E-state index >= 15 is 0 Å². The maximum Gasteiger partial charge on any atom is 0.304 e. The Morgan fingerprint density at radius 2 is 2.17 bits per heavy atom. The standard InChI is InChI=1S/C14H25NO3/c1-2-15(9-5-13(16)17)12-6-10-18-14(11-12)7-3-4-8-14/h12H,2-11H2,1H3,(H,16,17). The van der Waals surface area contributed by atoms with Gasteiger partial charge in [0.15, 0.2) is 0 Å². The van der Waals surface area contributed by atoms with E-state index in [2.05, 4.69) is 11.8 Å². The van der Waals surface area contributed by atoms with E-state index in [9.17, 15) is 4.79 Å². The average Bonchev–Trinajstić information content (AvgIpc) is 2.78. The molecule has 4 nitrogen and oxygen atoms in total. The highest BCUT2D eigenvalue weighted by atomic mass is 16.5. The van der Waals surface area contributed by atoms with E-state index in [1.807, 2.05) is 0 Å². The van der Waals surface area contributed by atoms with E-state index in [1.54, 1.807) is 0 Å². The summed E-state index contributed by atoms with van der Waals surface area (Å²) in [6.07, 6.45) is 7.36. The average molecular weight is 255 g/mol. The van der Waals surface area contributed by atoms with Crippen molar-refractivity contribution in [3.05, 3.63) is 0 Å². The molecule has 1 heterocycles. The van der Waals surface area contributed by atoms with Crippen molar-refractivity contribution in [1.29, 1.82) is 0 Å². The van der Waals surface area contributed by atoms with E-state index in [4.69, 9.17) is 9.84 Å². The number of ether oxygens (including phenoxy) is 1. The predicted octanol–water partition coefficient (Wildman–Crippen LogP) is 2.27. The van der Waals surface area contributed by atoms with Crippen LogP contribution in [0.15, 0.2) is 0 Å². The Morgan fingerprint density at radius 3 is 2.78 bits per heavy atom. The summed E-state index contributed by atoms with van der Waals surface area (Å²) in [7, 11) is 0. The lowest BCUT2D eigenvalue weighted by Crippen LogP contribution is -2.48. The van der Waals surface area contributed by atoms with Crippen LogP contribution in [-0.4, -0.2) is 47.3 Å². The summed E-state index contributed by atoms with van der Waals surface area (Å²) < 4.78 is 6.03. The van der Waals surface area contributed by atoms with Gasteiger partial charge in [0.2, 0.25) is 0 Å². The molecule has 0 bridgehead atoms. The first-order valence-electron chi connectivity index (χ1n) is 7.25. The zero-order valence-electron chi connectivity index (χ0n) is 11.4. The Morgan fingerprint density at radius 1 is 1.44 bits per heavy atom. The molecule has 2 rings (SSSR count). The van der Waals surface area contributed by atoms with Gasteiger partial charge >= 0.3 is 5.97 Å². The largest absolute Gasteiger partial charge is 0.481 e. The van der Waals surface area contributed by atoms with Crippen molar-refractivity contribution in [1.82, 2.24) is 4.90 Å². The normalized spacial score (nSPS) is 26.9. The summed E-state index contributed by atoms with van der Waals surface area (Å²) in [5.41, 5.74) is 0.125. The highest BCUT2D eigenvalue weighted by molar-refractivity contribution is 5.66. The van der Waals surface area contributed by atoms with Crippen molar-refractivity contribution in [2.75, 3.05) is 19.7 Å². The van der Waals surface area contributed by atoms with Crippen LogP contribution in [0.2, 0.25) is 0 Å². The lowest BCUT2D eigenvalue weighted by molar-refractivity contribution is -0.138. The molecule has 104 valence electrons. The minimum Gasteiger partial charge on any atom is -0.481 e. The Balaban J connectivity index is 1.91. The molecule has 0 radical (unpaired) electrons. The van der Waals surface area contributed by atoms with Crippen LogP contribution in [0.25, 0.3) is 0 Å². The summed E-state index contributed by atoms with van der Waals surface area (Å²) >= 11 is 0. The van der Waals surface area contributed by atoms with Gasteiger partial charge in [-0.1, -0.05) is 19.8 Å². The third-order valence-corrected chi connectivity index (χ3v) is 4.52. The molecule has 2 fully saturated rings. The number of aliphatic carboxylic acids is 1. The summed E-state index contributed by atoms with van der Waals surface area (Å²) in [6.45, 7) is 4.58. The number of rotatable bonds is 5. The monoisotopic (exact) mass is 255 g/mol. The summed E-state index contributed by atoms with van der Waals surface area (Å²) in [5.74, 6) is -0.698. The minimum atomic E-state index is -0.698. The number of hydrogen-bond donors (Lipinski definition) is 1. The first-order chi connectivity index (χ1) is 8.65. The van der Waals surface area contributed by atoms with Crippen LogP contribution in [-0.2, 0) is 9.53 Å². The fourth-order valence-corrected chi connectivity index (χ4v) is 3.52. The van der Waals surface area contributed by atoms with E-state index in [0.717, 1.165) is 26.0 Å². The minimum absolute atomic E-state index is 0.125. The Bertz CT molecular complexity index is 287. The van der Waals surface area contributed by atoms with Crippen molar-refractivity contribution in [3.8, 4) is 0 Å². The molecule has 1 spiro atoms. The van der Waals surface area contributed by atoms with Crippen molar-refractivity contribution in [2.45, 2.75) is 63.5 Å². The van der Waals surface area contributed by atoms with Crippen molar-refractivity contribution in [3.63, 3.8) is 0 Å². The molecular formula is C14H25NO3. The maximum absolute atomic E-state index is 10.7. The molecule has 1 saturated carbocycles. The second kappa shape index (κ2) is 6.02. The fourth-order valence-electron chi connectivity index (χ4n) is 3.52. The lowest BCUT2D eigenvalue weighted by Gasteiger charge is -2.42. The number of nitrogens with zero attached hydrogens (tertiary/aromatic N) is 1. The van der Waals surface area contributed by atoms with Crippen molar-refractivity contribution in [2.24, 2.45) is 0 Å². The molecule has 1 aliphatic heterocycles. The van der Waals surface area contributed by atoms with E-state index in [1.165, 1.54) is 25.7 Å². The molecule has 0 amide bonds. The highest BCUT2D eigenvalue weighted by Gasteiger charge is 2.41. The van der Waals surface area contributed by atoms with Gasteiger partial charge in [-0.3, -0.25) is 9.69 Å². The molecule has 0 aromatic carbocycles. The van der Waals surface area contributed by atoms with Gasteiger partial charge < -0.3 is 9.84 Å². The Labute approximate surface area is 109 Å². The van der Waals surface area contributed by atoms with Crippen molar-refractivity contribution >= 4 is 5.97 Å². The van der Waals surface area contributed by atoms with E-state index < -0.39 is 5.97 Å². The second-order valence-electron chi connectivity index (χ2n) is 5.66. The first-order valence-corrected chi connectivity index (χ1v) is 7.25. The molecule has 0 aromatic rings. The zero-order chi connectivity index (χ0) is 13.0. The molecule has 18 heavy (non-hydrogen) atoms. The third kappa shape index (κ3) is 3.23. The molecule has 2 aliphatic rings. The van der Waals surface area contributed by atoms with Gasteiger partial charge in [0.05, 0.1) is 12.0 Å². The Kier molecular flexibility index (Phi) is 4.62. The van der Waals surface area contributed by atoms with Gasteiger partial charge in [-0.05, 0) is 32.2 Å². The molecule has 1 aliphatic carbocycles. The smallest absolute Gasteiger partial charge is 0.304 e. The number of carboxylic acid groups (broad SMARTS) is 1. The van der Waals surface area contributed by atoms with Crippen LogP contribution in [0.3, 0.4) is 0 Å². The molecule has 1 N–H and O–H groups in total. The number of carbonyl (C=O) groups is 1. The predicted molar refractivity (Wildman–Crippen MR) is 69.7 cm³/mol. The molecule has 1 saturated heterocycles. The molecular weight excluding hydrogens is 230 g/mol. The van der Waals surface area contributed by atoms with Gasteiger partial charge in [-0.25, -0.2) is 0 Å². The van der Waals surface area contributed by atoms with Gasteiger partial charge in [-0.15, -0.1) is 0 Å². The van der Waals surface area contributed by atoms with Crippen LogP contribution in [0.1, 0.15) is 51.9 Å². The molecule has 1 unspecified atom stereocenters. The van der Waals surface area contributed by atoms with Crippen LogP contribution < -0.4 is 0 Å². The maximum atomic E-state index is 10.7. The number of hydrogen-bond acceptors (Lipinski definition) is 3. The van der Waals surface area contributed by atoms with Gasteiger partial charge in [0.1, 0.15) is 0 Å². The molecule has 1 atom stereocenters. The molecule has 0 aromatic heterocycles. The second-order valence-corrected chi connectivity index (χ2v) is 5.66. The lowest BCUT2D eigenvalue weighted by atomic mass is 9.88. The van der Waals surface area contributed by atoms with E-state index in [0.29, 0.717) is 12.6 Å². The fraction of sp³-hybridized carbons (Fsp3) is 0.929. The molecule has 4 heteroatoms. The van der Waals surface area contributed by atoms with Crippen LogP contribution >= 0.6 is 0 Å². The van der Waals surface area contributed by atoms with Gasteiger partial charge in [-0.2, -0.15) is 0 Å². The summed E-state index contributed by atoms with van der Waals surface area (Å²) in [5, 5.41) is 8.81. The van der Waals surface area contributed by atoms with Gasteiger partial charge in [0, 0.05) is 19.2 Å². The van der Waals surface area contributed by atoms with Crippen molar-refractivity contribution < 1.29 is 14.6 Å². The third-order valence-electron chi connectivity index (χ3n) is 4.52. The quantitative estimate of drug-likeness (QED) is 0.818. The zero-order valence-corrected chi connectivity index (χ0v) is 11.4. The van der Waals surface area contributed by atoms with Gasteiger partial charge in [0.25, 0.3) is 0 Å². The highest BCUT2D eigenvalue weighted by Crippen LogP contribution is 2.41. The van der Waals surface area contributed by atoms with Crippen LogP contribution in [0.5, 0.6) is 0 Å². The SMILES string of the molecule is CCN(CCC(=O)O)C1CCOC2(CCCC2)C1. The number of carboxylic acids is 1.